The first kappa shape index (κ1) is 8.17. The van der Waals surface area contributed by atoms with Crippen molar-refractivity contribution in [3.8, 4) is 12.3 Å². The highest BCUT2D eigenvalue weighted by Crippen LogP contribution is 2.63. The van der Waals surface area contributed by atoms with E-state index in [0.29, 0.717) is 11.3 Å². The van der Waals surface area contributed by atoms with E-state index in [0.717, 1.165) is 11.8 Å². The van der Waals surface area contributed by atoms with Crippen LogP contribution < -0.4 is 0 Å². The molecule has 0 N–H and O–H groups in total. The second-order valence-electron chi connectivity index (χ2n) is 4.97. The minimum absolute atomic E-state index is 0.617. The van der Waals surface area contributed by atoms with Crippen molar-refractivity contribution in [2.24, 2.45) is 23.2 Å². The molecule has 2 aliphatic carbocycles. The van der Waals surface area contributed by atoms with Gasteiger partial charge >= 0.3 is 0 Å². The van der Waals surface area contributed by atoms with Gasteiger partial charge in [0.25, 0.3) is 0 Å². The lowest BCUT2D eigenvalue weighted by Crippen LogP contribution is -2.53. The molecule has 0 aromatic heterocycles. The van der Waals surface area contributed by atoms with Crippen molar-refractivity contribution < 1.29 is 0 Å². The molecule has 66 valence electrons. The van der Waals surface area contributed by atoms with E-state index in [2.05, 4.69) is 19.8 Å². The van der Waals surface area contributed by atoms with Gasteiger partial charge in [-0.05, 0) is 36.5 Å². The van der Waals surface area contributed by atoms with Crippen LogP contribution in [0.4, 0.5) is 0 Å². The third-order valence-corrected chi connectivity index (χ3v) is 4.12. The molecule has 2 rings (SSSR count). The van der Waals surface area contributed by atoms with Crippen LogP contribution in [0.25, 0.3) is 0 Å². The largest absolute Gasteiger partial charge is 0.120 e. The Balaban J connectivity index is 2.05. The van der Waals surface area contributed by atoms with Crippen molar-refractivity contribution >= 4 is 0 Å². The second kappa shape index (κ2) is 2.52. The molecule has 0 bridgehead atoms. The van der Waals surface area contributed by atoms with Gasteiger partial charge < -0.3 is 0 Å². The van der Waals surface area contributed by atoms with Gasteiger partial charge in [0.15, 0.2) is 0 Å². The molecule has 0 nitrogen and oxygen atoms in total. The topological polar surface area (TPSA) is 0 Å². The Hall–Kier alpha value is -0.440. The molecule has 0 heterocycles. The first-order valence-electron chi connectivity index (χ1n) is 5.16. The summed E-state index contributed by atoms with van der Waals surface area (Å²) in [5.41, 5.74) is 0.629. The summed E-state index contributed by atoms with van der Waals surface area (Å²) < 4.78 is 0. The summed E-state index contributed by atoms with van der Waals surface area (Å²) in [6, 6.07) is 0. The summed E-state index contributed by atoms with van der Waals surface area (Å²) in [6.45, 7) is 4.61. The highest BCUT2D eigenvalue weighted by atomic mass is 14.6. The Morgan fingerprint density at radius 3 is 2.42 bits per heavy atom. The van der Waals surface area contributed by atoms with Gasteiger partial charge in [-0.15, -0.1) is 12.3 Å². The van der Waals surface area contributed by atoms with Crippen LogP contribution in [-0.2, 0) is 0 Å². The second-order valence-corrected chi connectivity index (χ2v) is 4.97. The molecule has 2 aliphatic rings. The molecule has 2 unspecified atom stereocenters. The molecule has 2 saturated carbocycles. The zero-order valence-electron chi connectivity index (χ0n) is 8.14. The molecular weight excluding hydrogens is 144 g/mol. The maximum atomic E-state index is 5.60. The average molecular weight is 162 g/mol. The van der Waals surface area contributed by atoms with Gasteiger partial charge in [0.05, 0.1) is 0 Å². The van der Waals surface area contributed by atoms with Gasteiger partial charge in [-0.3, -0.25) is 0 Å². The fourth-order valence-corrected chi connectivity index (χ4v) is 3.07. The highest BCUT2D eigenvalue weighted by molar-refractivity contribution is 5.16. The predicted molar refractivity (Wildman–Crippen MR) is 51.6 cm³/mol. The molecule has 0 aromatic carbocycles. The number of terminal acetylenes is 1. The van der Waals surface area contributed by atoms with Crippen molar-refractivity contribution in [2.75, 3.05) is 0 Å². The standard InChI is InChI=1S/C12H18/c1-4-11-10(9(2)3)8-12(11)6-5-7-12/h1,9-11H,5-8H2,2-3H3. The molecule has 1 spiro atoms. The first-order valence-corrected chi connectivity index (χ1v) is 5.16. The van der Waals surface area contributed by atoms with Crippen molar-refractivity contribution in [3.05, 3.63) is 0 Å². The lowest BCUT2D eigenvalue weighted by molar-refractivity contribution is -0.0910. The normalized spacial score (nSPS) is 37.2. The highest BCUT2D eigenvalue weighted by Gasteiger charge is 2.56. The Kier molecular flexibility index (Phi) is 1.72. The van der Waals surface area contributed by atoms with Crippen molar-refractivity contribution in [1.29, 1.82) is 0 Å². The Labute approximate surface area is 75.7 Å². The minimum atomic E-state index is 0.617. The fraction of sp³-hybridized carbons (Fsp3) is 0.833. The smallest absolute Gasteiger partial charge is 0.0287 e. The summed E-state index contributed by atoms with van der Waals surface area (Å²) >= 11 is 0. The molecule has 0 heteroatoms. The third-order valence-electron chi connectivity index (χ3n) is 4.12. The van der Waals surface area contributed by atoms with E-state index in [9.17, 15) is 0 Å². The maximum absolute atomic E-state index is 5.60. The van der Waals surface area contributed by atoms with Gasteiger partial charge in [0, 0.05) is 5.92 Å². The Morgan fingerprint density at radius 1 is 1.42 bits per heavy atom. The van der Waals surface area contributed by atoms with E-state index in [-0.39, 0.29) is 0 Å². The number of hydrogen-bond donors (Lipinski definition) is 0. The Morgan fingerprint density at radius 2 is 2.08 bits per heavy atom. The molecule has 0 aliphatic heterocycles. The van der Waals surface area contributed by atoms with E-state index in [1.54, 1.807) is 0 Å². The lowest BCUT2D eigenvalue weighted by atomic mass is 9.44. The summed E-state index contributed by atoms with van der Waals surface area (Å²) in [6.07, 6.45) is 11.2. The summed E-state index contributed by atoms with van der Waals surface area (Å²) in [5, 5.41) is 0. The van der Waals surface area contributed by atoms with E-state index < -0.39 is 0 Å². The monoisotopic (exact) mass is 162 g/mol. The summed E-state index contributed by atoms with van der Waals surface area (Å²) in [7, 11) is 0. The minimum Gasteiger partial charge on any atom is -0.120 e. The van der Waals surface area contributed by atoms with Crippen molar-refractivity contribution in [3.63, 3.8) is 0 Å². The van der Waals surface area contributed by atoms with Gasteiger partial charge in [0.2, 0.25) is 0 Å². The molecule has 2 fully saturated rings. The molecule has 0 amide bonds. The maximum Gasteiger partial charge on any atom is 0.0287 e. The zero-order valence-corrected chi connectivity index (χ0v) is 8.14. The SMILES string of the molecule is C#CC1C(C(C)C)CC12CCC2. The van der Waals surface area contributed by atoms with E-state index >= 15 is 0 Å². The first-order chi connectivity index (χ1) is 5.69. The van der Waals surface area contributed by atoms with Crippen LogP contribution in [0.2, 0.25) is 0 Å². The fourth-order valence-electron chi connectivity index (χ4n) is 3.07. The van der Waals surface area contributed by atoms with E-state index in [1.165, 1.54) is 25.7 Å². The Bertz CT molecular complexity index is 215. The predicted octanol–water partition coefficient (Wildman–Crippen LogP) is 3.08. The van der Waals surface area contributed by atoms with Crippen LogP contribution >= 0.6 is 0 Å². The van der Waals surface area contributed by atoms with Gasteiger partial charge in [-0.2, -0.15) is 0 Å². The van der Waals surface area contributed by atoms with E-state index in [1.807, 2.05) is 0 Å². The van der Waals surface area contributed by atoms with Crippen LogP contribution in [0.3, 0.4) is 0 Å². The zero-order chi connectivity index (χ0) is 8.77. The quantitative estimate of drug-likeness (QED) is 0.520. The number of rotatable bonds is 1. The number of hydrogen-bond acceptors (Lipinski definition) is 0. The van der Waals surface area contributed by atoms with Crippen LogP contribution in [0.1, 0.15) is 39.5 Å². The van der Waals surface area contributed by atoms with Crippen molar-refractivity contribution in [1.82, 2.24) is 0 Å². The van der Waals surface area contributed by atoms with Crippen LogP contribution in [0, 0.1) is 35.5 Å². The van der Waals surface area contributed by atoms with Crippen molar-refractivity contribution in [2.45, 2.75) is 39.5 Å². The van der Waals surface area contributed by atoms with Crippen LogP contribution in [0.5, 0.6) is 0 Å². The summed E-state index contributed by atoms with van der Waals surface area (Å²) in [5.74, 6) is 5.26. The average Bonchev–Trinajstić information content (AvgIpc) is 1.81. The molecule has 0 aromatic rings. The molecular formula is C12H18. The molecule has 0 radical (unpaired) electrons. The van der Waals surface area contributed by atoms with Crippen LogP contribution in [0.15, 0.2) is 0 Å². The molecule has 0 saturated heterocycles. The molecule has 12 heavy (non-hydrogen) atoms. The van der Waals surface area contributed by atoms with E-state index in [4.69, 9.17) is 6.42 Å². The van der Waals surface area contributed by atoms with Gasteiger partial charge in [-0.25, -0.2) is 0 Å². The third kappa shape index (κ3) is 0.859. The lowest BCUT2D eigenvalue weighted by Gasteiger charge is -2.60. The molecule has 2 atom stereocenters. The van der Waals surface area contributed by atoms with Gasteiger partial charge in [0.1, 0.15) is 0 Å². The van der Waals surface area contributed by atoms with Crippen LogP contribution in [-0.4, -0.2) is 0 Å². The van der Waals surface area contributed by atoms with Gasteiger partial charge in [-0.1, -0.05) is 20.3 Å². The summed E-state index contributed by atoms with van der Waals surface area (Å²) in [4.78, 5) is 0.